The maximum Gasteiger partial charge on any atom is 0.165 e. The Balaban J connectivity index is 1.49. The summed E-state index contributed by atoms with van der Waals surface area (Å²) in [7, 11) is 0. The van der Waals surface area contributed by atoms with Crippen molar-refractivity contribution in [2.24, 2.45) is 0 Å². The van der Waals surface area contributed by atoms with Gasteiger partial charge in [0.15, 0.2) is 11.5 Å². The van der Waals surface area contributed by atoms with Gasteiger partial charge in [-0.15, -0.1) is 0 Å². The second-order valence-electron chi connectivity index (χ2n) is 10.7. The fraction of sp³-hybridized carbons (Fsp3) is 0. The lowest BCUT2D eigenvalue weighted by Crippen LogP contribution is -1.92. The third-order valence-corrected chi connectivity index (χ3v) is 8.33. The molecule has 212 valence electrons. The number of para-hydroxylation sites is 2. The minimum Gasteiger partial charge on any atom is -0.504 e. The van der Waals surface area contributed by atoms with E-state index < -0.39 is 89.1 Å². The van der Waals surface area contributed by atoms with Crippen molar-refractivity contribution < 1.29 is 29.7 Å². The zero-order valence-electron chi connectivity index (χ0n) is 34.3. The Kier molecular flexibility index (Phi) is 3.61. The molecule has 0 atom stereocenters. The van der Waals surface area contributed by atoms with Gasteiger partial charge in [-0.3, -0.25) is 0 Å². The zero-order chi connectivity index (χ0) is 39.6. The highest BCUT2D eigenvalue weighted by Gasteiger charge is 2.21. The van der Waals surface area contributed by atoms with Crippen LogP contribution in [0.2, 0.25) is 0 Å². The van der Waals surface area contributed by atoms with Gasteiger partial charge in [-0.1, -0.05) is 121 Å². The summed E-state index contributed by atoms with van der Waals surface area (Å²) >= 11 is 0. The van der Waals surface area contributed by atoms with E-state index in [0.29, 0.717) is 16.5 Å². The van der Waals surface area contributed by atoms with E-state index >= 15 is 0 Å². The molecular weight excluding hydrogens is 552 g/mol. The third kappa shape index (κ3) is 3.77. The maximum absolute atomic E-state index is 11.3. The molecular formula is C42H26O3. The largest absolute Gasteiger partial charge is 0.504 e. The molecule has 0 fully saturated rings. The Bertz CT molecular complexity index is 3140. The molecule has 8 aromatic carbocycles. The first-order valence-corrected chi connectivity index (χ1v) is 14.2. The Morgan fingerprint density at radius 2 is 1.02 bits per heavy atom. The summed E-state index contributed by atoms with van der Waals surface area (Å²) in [4.78, 5) is 0. The van der Waals surface area contributed by atoms with E-state index in [1.54, 1.807) is 12.1 Å². The van der Waals surface area contributed by atoms with Crippen LogP contribution in [0.25, 0.3) is 87.6 Å². The van der Waals surface area contributed by atoms with Gasteiger partial charge in [0.05, 0.1) is 15.1 Å². The molecule has 45 heavy (non-hydrogen) atoms. The van der Waals surface area contributed by atoms with Crippen molar-refractivity contribution in [3.8, 4) is 44.9 Å². The molecule has 0 aliphatic heterocycles. The van der Waals surface area contributed by atoms with Crippen molar-refractivity contribution in [2.75, 3.05) is 0 Å². The number of aromatic hydroxyl groups is 2. The lowest BCUT2D eigenvalue weighted by molar-refractivity contribution is 0.405. The number of phenolic OH excluding ortho intramolecular Hbond substituents is 2. The number of rotatable bonds is 3. The van der Waals surface area contributed by atoms with Crippen LogP contribution in [0.5, 0.6) is 11.5 Å². The summed E-state index contributed by atoms with van der Waals surface area (Å²) < 4.78 is 103. The Morgan fingerprint density at radius 3 is 1.73 bits per heavy atom. The Labute approximate surface area is 274 Å². The van der Waals surface area contributed by atoms with Crippen molar-refractivity contribution in [2.45, 2.75) is 0 Å². The van der Waals surface area contributed by atoms with Crippen molar-refractivity contribution in [1.29, 1.82) is 0 Å². The summed E-state index contributed by atoms with van der Waals surface area (Å²) in [5.41, 5.74) is 2.50. The average molecular weight is 590 g/mol. The van der Waals surface area contributed by atoms with Crippen molar-refractivity contribution >= 4 is 54.3 Å². The number of fused-ring (bicyclic) bond motifs is 6. The third-order valence-electron chi connectivity index (χ3n) is 8.33. The van der Waals surface area contributed by atoms with Gasteiger partial charge in [-0.2, -0.15) is 0 Å². The van der Waals surface area contributed by atoms with Crippen molar-refractivity contribution in [1.82, 2.24) is 0 Å². The zero-order valence-corrected chi connectivity index (χ0v) is 23.3. The summed E-state index contributed by atoms with van der Waals surface area (Å²) in [5.74, 6) is -2.13. The highest BCUT2D eigenvalue weighted by atomic mass is 16.3. The van der Waals surface area contributed by atoms with E-state index in [1.165, 1.54) is 0 Å². The van der Waals surface area contributed by atoms with E-state index in [9.17, 15) is 15.7 Å². The monoisotopic (exact) mass is 589 g/mol. The van der Waals surface area contributed by atoms with Gasteiger partial charge in [-0.05, 0) is 78.8 Å². The normalized spacial score (nSPS) is 15.2. The molecule has 0 radical (unpaired) electrons. The van der Waals surface area contributed by atoms with E-state index in [4.69, 9.17) is 14.0 Å². The first kappa shape index (κ1) is 16.7. The second-order valence-corrected chi connectivity index (χ2v) is 10.7. The van der Waals surface area contributed by atoms with Crippen LogP contribution < -0.4 is 0 Å². The highest BCUT2D eigenvalue weighted by molar-refractivity contribution is 6.24. The number of benzene rings is 8. The maximum atomic E-state index is 11.3. The van der Waals surface area contributed by atoms with Crippen LogP contribution in [0.4, 0.5) is 0 Å². The SMILES string of the molecule is [2H]c1c([2H])c(O)c(O)c(-c2c3c([2H])c([2H])c([2H])c([2H])c3c(-c3cccc4c(-c5ccc6oc7ccccc7c6c5)cccc34)c3c([2H])c([2H])c([2H])c([2H])c23)c1[2H]. The van der Waals surface area contributed by atoms with Crippen LogP contribution in [0.3, 0.4) is 0 Å². The first-order chi connectivity index (χ1) is 26.7. The standard InChI is InChI=1S/C42H26O3/c43-37-20-9-19-35(42(37)44)41-33-13-3-1-11-31(33)40(32-12-2-4-14-34(32)41)30-18-8-16-27-26(15-7-17-28(27)30)25-22-23-39-36(24-25)29-10-5-6-21-38(29)45-39/h1-24,43-44H/i1D,2D,3D,4D,9D,11D,12D,13D,14D,19D,20D. The summed E-state index contributed by atoms with van der Waals surface area (Å²) in [6.45, 7) is 0. The fourth-order valence-electron chi connectivity index (χ4n) is 6.39. The van der Waals surface area contributed by atoms with Gasteiger partial charge in [0.1, 0.15) is 11.2 Å². The minimum absolute atomic E-state index is 0.0511. The molecule has 3 heteroatoms. The van der Waals surface area contributed by atoms with Crippen LogP contribution in [-0.4, -0.2) is 10.2 Å². The van der Waals surface area contributed by atoms with Crippen molar-refractivity contribution in [3.63, 3.8) is 0 Å². The van der Waals surface area contributed by atoms with Crippen LogP contribution in [-0.2, 0) is 0 Å². The van der Waals surface area contributed by atoms with Gasteiger partial charge in [-0.25, -0.2) is 0 Å². The van der Waals surface area contributed by atoms with Crippen molar-refractivity contribution in [3.05, 3.63) is 145 Å². The lowest BCUT2D eigenvalue weighted by atomic mass is 9.84. The van der Waals surface area contributed by atoms with Gasteiger partial charge >= 0.3 is 0 Å². The van der Waals surface area contributed by atoms with Gasteiger partial charge < -0.3 is 14.6 Å². The van der Waals surface area contributed by atoms with Crippen LogP contribution in [0.15, 0.2) is 150 Å². The number of hydrogen-bond acceptors (Lipinski definition) is 3. The van der Waals surface area contributed by atoms with Crippen LogP contribution >= 0.6 is 0 Å². The second kappa shape index (κ2) is 9.73. The molecule has 0 amide bonds. The molecule has 9 aromatic rings. The molecule has 0 spiro atoms. The number of hydrogen-bond donors (Lipinski definition) is 2. The average Bonchev–Trinajstić information content (AvgIpc) is 3.59. The smallest absolute Gasteiger partial charge is 0.165 e. The van der Waals surface area contributed by atoms with Gasteiger partial charge in [0.25, 0.3) is 0 Å². The summed E-state index contributed by atoms with van der Waals surface area (Å²) in [5, 5.41) is 24.3. The van der Waals surface area contributed by atoms with Crippen LogP contribution in [0.1, 0.15) is 15.1 Å². The number of phenols is 2. The Morgan fingerprint density at radius 1 is 0.444 bits per heavy atom. The molecule has 0 unspecified atom stereocenters. The quantitative estimate of drug-likeness (QED) is 0.159. The number of furan rings is 1. The van der Waals surface area contributed by atoms with E-state index in [-0.39, 0.29) is 27.1 Å². The predicted octanol–water partition coefficient (Wildman–Crippen LogP) is 11.5. The molecule has 1 aromatic heterocycles. The Hall–Kier alpha value is -6.06. The topological polar surface area (TPSA) is 53.6 Å². The summed E-state index contributed by atoms with van der Waals surface area (Å²) in [6, 6.07) is 16.9. The molecule has 0 saturated heterocycles. The van der Waals surface area contributed by atoms with E-state index in [2.05, 4.69) is 0 Å². The van der Waals surface area contributed by atoms with Gasteiger partial charge in [0, 0.05) is 21.9 Å². The lowest BCUT2D eigenvalue weighted by Gasteiger charge is -2.20. The molecule has 3 nitrogen and oxygen atoms in total. The molecule has 0 bridgehead atoms. The molecule has 2 N–H and O–H groups in total. The predicted molar refractivity (Wildman–Crippen MR) is 186 cm³/mol. The van der Waals surface area contributed by atoms with E-state index in [1.807, 2.05) is 66.7 Å². The molecule has 1 heterocycles. The molecule has 9 rings (SSSR count). The minimum atomic E-state index is -1.07. The van der Waals surface area contributed by atoms with Crippen LogP contribution in [0, 0.1) is 0 Å². The molecule has 0 aliphatic carbocycles. The first-order valence-electron chi connectivity index (χ1n) is 19.7. The highest BCUT2D eigenvalue weighted by Crippen LogP contribution is 2.48. The summed E-state index contributed by atoms with van der Waals surface area (Å²) in [6.07, 6.45) is 0. The fourth-order valence-corrected chi connectivity index (χ4v) is 6.39. The molecule has 0 aliphatic rings. The molecule has 0 saturated carbocycles. The van der Waals surface area contributed by atoms with E-state index in [0.717, 1.165) is 32.9 Å². The van der Waals surface area contributed by atoms with Gasteiger partial charge in [0.2, 0.25) is 0 Å².